The second kappa shape index (κ2) is 6.89. The first-order chi connectivity index (χ1) is 13.3. The van der Waals surface area contributed by atoms with Crippen molar-refractivity contribution in [3.8, 4) is 0 Å². The van der Waals surface area contributed by atoms with E-state index in [1.165, 1.54) is 0 Å². The second-order valence-electron chi connectivity index (χ2n) is 7.98. The molecule has 2 aromatic rings. The number of pyridine rings is 1. The Bertz CT molecular complexity index is 970. The fourth-order valence-corrected chi connectivity index (χ4v) is 4.63. The van der Waals surface area contributed by atoms with E-state index in [-0.39, 0.29) is 17.9 Å². The minimum Gasteiger partial charge on any atom is -0.349 e. The third-order valence-corrected chi connectivity index (χ3v) is 6.13. The highest BCUT2D eigenvalue weighted by Gasteiger charge is 2.45. The van der Waals surface area contributed by atoms with Crippen molar-refractivity contribution >= 4 is 29.1 Å². The number of anilines is 1. The molecular weight excluding hydrogens is 374 g/mol. The van der Waals surface area contributed by atoms with Gasteiger partial charge in [-0.25, -0.2) is 0 Å². The molecule has 0 radical (unpaired) electrons. The highest BCUT2D eigenvalue weighted by molar-refractivity contribution is 6.31. The molecule has 0 bridgehead atoms. The summed E-state index contributed by atoms with van der Waals surface area (Å²) in [6, 6.07) is 5.38. The minimum absolute atomic E-state index is 0.0304. The van der Waals surface area contributed by atoms with Crippen LogP contribution >= 0.6 is 11.6 Å². The van der Waals surface area contributed by atoms with Crippen LogP contribution in [0.15, 0.2) is 30.6 Å². The topological polar surface area (TPSA) is 62.3 Å². The van der Waals surface area contributed by atoms with Gasteiger partial charge < -0.3 is 5.32 Å². The summed E-state index contributed by atoms with van der Waals surface area (Å²) < 4.78 is 0. The maximum atomic E-state index is 13.3. The third-order valence-electron chi connectivity index (χ3n) is 5.89. The van der Waals surface area contributed by atoms with Crippen molar-refractivity contribution in [2.24, 2.45) is 0 Å². The van der Waals surface area contributed by atoms with Crippen molar-refractivity contribution in [3.05, 3.63) is 57.9 Å². The normalized spacial score (nSPS) is 19.9. The number of carbonyl (C=O) groups excluding carboxylic acids is 2. The van der Waals surface area contributed by atoms with Crippen LogP contribution in [0.1, 0.15) is 73.1 Å². The Kier molecular flexibility index (Phi) is 4.66. The zero-order valence-electron chi connectivity index (χ0n) is 16.4. The van der Waals surface area contributed by atoms with E-state index >= 15 is 0 Å². The van der Waals surface area contributed by atoms with Crippen LogP contribution in [0.4, 0.5) is 5.69 Å². The lowest BCUT2D eigenvalue weighted by atomic mass is 9.86. The van der Waals surface area contributed by atoms with Gasteiger partial charge in [0, 0.05) is 23.2 Å². The van der Waals surface area contributed by atoms with Gasteiger partial charge in [-0.2, -0.15) is 0 Å². The fourth-order valence-electron chi connectivity index (χ4n) is 4.46. The first-order valence-electron chi connectivity index (χ1n) is 9.75. The van der Waals surface area contributed by atoms with Gasteiger partial charge in [0.1, 0.15) is 0 Å². The van der Waals surface area contributed by atoms with Crippen LogP contribution in [0, 0.1) is 0 Å². The van der Waals surface area contributed by atoms with Crippen LogP contribution in [-0.2, 0) is 16.8 Å². The molecule has 1 aromatic heterocycles. The highest BCUT2D eigenvalue weighted by atomic mass is 35.5. The van der Waals surface area contributed by atoms with Gasteiger partial charge in [-0.3, -0.25) is 19.5 Å². The van der Waals surface area contributed by atoms with Gasteiger partial charge in [0.05, 0.1) is 23.5 Å². The lowest BCUT2D eigenvalue weighted by molar-refractivity contribution is -0.121. The molecule has 0 fully saturated rings. The van der Waals surface area contributed by atoms with Crippen LogP contribution in [0.5, 0.6) is 0 Å². The number of benzene rings is 1. The van der Waals surface area contributed by atoms with Crippen molar-refractivity contribution in [2.45, 2.75) is 58.0 Å². The molecule has 1 aliphatic heterocycles. The molecule has 0 spiro atoms. The molecule has 6 heteroatoms. The SMILES string of the molecule is CCC(=O)NC1CCCc2c1cncc2N1C(=O)c2ccc(Cl)cc2C1(C)C. The standard InChI is InChI=1S/C22H24ClN3O2/c1-4-20(27)25-18-7-5-6-14-16(18)11-24-12-19(14)26-21(28)15-9-8-13(23)10-17(15)22(26,2)3/h8-12,18H,4-7H2,1-3H3,(H,25,27). The number of halogens is 1. The number of nitrogens with one attached hydrogen (secondary N) is 1. The second-order valence-corrected chi connectivity index (χ2v) is 8.42. The van der Waals surface area contributed by atoms with Crippen molar-refractivity contribution in [1.82, 2.24) is 10.3 Å². The van der Waals surface area contributed by atoms with Gasteiger partial charge in [0.25, 0.3) is 5.91 Å². The lowest BCUT2D eigenvalue weighted by Gasteiger charge is -2.36. The summed E-state index contributed by atoms with van der Waals surface area (Å²) >= 11 is 6.21. The number of nitrogens with zero attached hydrogens (tertiary/aromatic N) is 2. The van der Waals surface area contributed by atoms with E-state index < -0.39 is 5.54 Å². The average molecular weight is 398 g/mol. The Balaban J connectivity index is 1.80. The number of hydrogen-bond donors (Lipinski definition) is 1. The predicted octanol–water partition coefficient (Wildman–Crippen LogP) is 4.53. The van der Waals surface area contributed by atoms with E-state index in [0.717, 1.165) is 41.6 Å². The summed E-state index contributed by atoms with van der Waals surface area (Å²) in [6.07, 6.45) is 6.76. The predicted molar refractivity (Wildman–Crippen MR) is 110 cm³/mol. The molecule has 2 aliphatic rings. The van der Waals surface area contributed by atoms with E-state index in [9.17, 15) is 9.59 Å². The summed E-state index contributed by atoms with van der Waals surface area (Å²) in [4.78, 5) is 31.5. The molecule has 4 rings (SSSR count). The van der Waals surface area contributed by atoms with Crippen LogP contribution < -0.4 is 10.2 Å². The number of amides is 2. The van der Waals surface area contributed by atoms with E-state index in [2.05, 4.69) is 10.3 Å². The molecule has 1 aromatic carbocycles. The first kappa shape index (κ1) is 18.9. The van der Waals surface area contributed by atoms with Gasteiger partial charge >= 0.3 is 0 Å². The van der Waals surface area contributed by atoms with Crippen LogP contribution in [-0.4, -0.2) is 16.8 Å². The zero-order chi connectivity index (χ0) is 20.1. The average Bonchev–Trinajstić information content (AvgIpc) is 2.87. The third kappa shape index (κ3) is 2.89. The number of rotatable bonds is 3. The molecule has 0 saturated carbocycles. The molecule has 1 atom stereocenters. The van der Waals surface area contributed by atoms with Crippen LogP contribution in [0.3, 0.4) is 0 Å². The Labute approximate surface area is 170 Å². The van der Waals surface area contributed by atoms with Crippen molar-refractivity contribution in [1.29, 1.82) is 0 Å². The Morgan fingerprint density at radius 3 is 2.89 bits per heavy atom. The maximum Gasteiger partial charge on any atom is 0.259 e. The summed E-state index contributed by atoms with van der Waals surface area (Å²) in [6.45, 7) is 5.92. The molecule has 2 amide bonds. The largest absolute Gasteiger partial charge is 0.349 e. The number of aromatic nitrogens is 1. The van der Waals surface area contributed by atoms with Gasteiger partial charge in [-0.15, -0.1) is 0 Å². The van der Waals surface area contributed by atoms with E-state index in [4.69, 9.17) is 11.6 Å². The van der Waals surface area contributed by atoms with Gasteiger partial charge in [-0.1, -0.05) is 18.5 Å². The molecular formula is C22H24ClN3O2. The molecule has 2 heterocycles. The van der Waals surface area contributed by atoms with Gasteiger partial charge in [-0.05, 0) is 68.0 Å². The summed E-state index contributed by atoms with van der Waals surface area (Å²) in [7, 11) is 0. The molecule has 28 heavy (non-hydrogen) atoms. The summed E-state index contributed by atoms with van der Waals surface area (Å²) in [5.41, 5.74) is 4.02. The van der Waals surface area contributed by atoms with Crippen molar-refractivity contribution in [3.63, 3.8) is 0 Å². The number of fused-ring (bicyclic) bond motifs is 2. The molecule has 146 valence electrons. The first-order valence-corrected chi connectivity index (χ1v) is 10.1. The monoisotopic (exact) mass is 397 g/mol. The smallest absolute Gasteiger partial charge is 0.259 e. The Hall–Kier alpha value is -2.40. The van der Waals surface area contributed by atoms with Gasteiger partial charge in [0.2, 0.25) is 5.91 Å². The van der Waals surface area contributed by atoms with Crippen LogP contribution in [0.2, 0.25) is 5.02 Å². The lowest BCUT2D eigenvalue weighted by Crippen LogP contribution is -2.40. The summed E-state index contributed by atoms with van der Waals surface area (Å²) in [5.74, 6) is -0.00513. The van der Waals surface area contributed by atoms with E-state index in [0.29, 0.717) is 17.0 Å². The van der Waals surface area contributed by atoms with Crippen LogP contribution in [0.25, 0.3) is 0 Å². The Morgan fingerprint density at radius 1 is 1.36 bits per heavy atom. The Morgan fingerprint density at radius 2 is 2.14 bits per heavy atom. The molecule has 0 saturated heterocycles. The van der Waals surface area contributed by atoms with Crippen molar-refractivity contribution in [2.75, 3.05) is 4.90 Å². The zero-order valence-corrected chi connectivity index (χ0v) is 17.1. The maximum absolute atomic E-state index is 13.3. The van der Waals surface area contributed by atoms with Crippen molar-refractivity contribution < 1.29 is 9.59 Å². The molecule has 1 N–H and O–H groups in total. The quantitative estimate of drug-likeness (QED) is 0.827. The summed E-state index contributed by atoms with van der Waals surface area (Å²) in [5, 5.41) is 3.72. The van der Waals surface area contributed by atoms with E-state index in [1.54, 1.807) is 18.3 Å². The highest BCUT2D eigenvalue weighted by Crippen LogP contribution is 2.45. The molecule has 1 unspecified atom stereocenters. The number of carbonyl (C=O) groups is 2. The minimum atomic E-state index is -0.534. The molecule has 5 nitrogen and oxygen atoms in total. The van der Waals surface area contributed by atoms with E-state index in [1.807, 2.05) is 37.9 Å². The fraction of sp³-hybridized carbons (Fsp3) is 0.409. The number of hydrogen-bond acceptors (Lipinski definition) is 3. The van der Waals surface area contributed by atoms with Gasteiger partial charge in [0.15, 0.2) is 0 Å². The molecule has 1 aliphatic carbocycles.